The molecule has 4 nitrogen and oxygen atoms in total. The number of benzene rings is 1. The molecule has 0 unspecified atom stereocenters. The van der Waals surface area contributed by atoms with Crippen molar-refractivity contribution in [1.29, 1.82) is 0 Å². The van der Waals surface area contributed by atoms with Gasteiger partial charge in [-0.3, -0.25) is 0 Å². The Labute approximate surface area is 109 Å². The lowest BCUT2D eigenvalue weighted by Crippen LogP contribution is -2.08. The van der Waals surface area contributed by atoms with E-state index in [-0.39, 0.29) is 18.1 Å². The van der Waals surface area contributed by atoms with Crippen molar-refractivity contribution in [3.8, 4) is 0 Å². The second-order valence-electron chi connectivity index (χ2n) is 3.98. The summed E-state index contributed by atoms with van der Waals surface area (Å²) in [7, 11) is -8.53. The van der Waals surface area contributed by atoms with Crippen molar-refractivity contribution < 1.29 is 23.8 Å². The normalized spacial score (nSPS) is 15.6. The first kappa shape index (κ1) is 14.5. The van der Waals surface area contributed by atoms with Crippen molar-refractivity contribution in [3.05, 3.63) is 30.3 Å². The first-order valence-electron chi connectivity index (χ1n) is 5.01. The average Bonchev–Trinajstić information content (AvgIpc) is 2.60. The average molecular weight is 318 g/mol. The zero-order valence-corrected chi connectivity index (χ0v) is 10.6. The number of nitrogens with one attached hydrogen (secondary N) is 1. The highest BCUT2D eigenvalue weighted by Crippen LogP contribution is 3.02. The fraction of sp³-hybridized carbons (Fsp3) is 0.111. The van der Waals surface area contributed by atoms with Crippen LogP contribution in [0.3, 0.4) is 0 Å². The van der Waals surface area contributed by atoms with Crippen LogP contribution in [-0.4, -0.2) is 14.8 Å². The van der Waals surface area contributed by atoms with Gasteiger partial charge < -0.3 is 5.32 Å². The van der Waals surface area contributed by atoms with Gasteiger partial charge in [-0.25, -0.2) is 9.07 Å². The lowest BCUT2D eigenvalue weighted by atomic mass is 10.3. The first-order valence-corrected chi connectivity index (χ1v) is 6.96. The van der Waals surface area contributed by atoms with Crippen LogP contribution >= 0.6 is 10.2 Å². The maximum absolute atomic E-state index is 13.1. The van der Waals surface area contributed by atoms with Crippen molar-refractivity contribution in [1.82, 2.24) is 14.8 Å². The van der Waals surface area contributed by atoms with E-state index >= 15 is 0 Å². The highest BCUT2D eigenvalue weighted by molar-refractivity contribution is 8.45. The van der Waals surface area contributed by atoms with Crippen LogP contribution in [0.5, 0.6) is 0 Å². The highest BCUT2D eigenvalue weighted by atomic mass is 32.5. The molecule has 2 rings (SSSR count). The Morgan fingerprint density at radius 1 is 1.10 bits per heavy atom. The smallest absolute Gasteiger partial charge is 0.310 e. The fourth-order valence-corrected chi connectivity index (χ4v) is 2.08. The Balaban J connectivity index is 2.49. The van der Waals surface area contributed by atoms with Gasteiger partial charge in [-0.05, 0) is 18.2 Å². The van der Waals surface area contributed by atoms with Gasteiger partial charge >= 0.3 is 10.2 Å². The number of aryl methyl sites for hydroxylation is 1. The predicted octanol–water partition coefficient (Wildman–Crippen LogP) is 4.36. The molecule has 0 bridgehead atoms. The van der Waals surface area contributed by atoms with Crippen LogP contribution in [0.1, 0.15) is 0 Å². The SMILES string of the molecule is Cn1ncnc1Nc1cc(F)cc(S(F)(F)(F)(F)F)c1. The molecule has 0 atom stereocenters. The molecule has 0 fully saturated rings. The van der Waals surface area contributed by atoms with Crippen LogP contribution in [0.25, 0.3) is 0 Å². The summed E-state index contributed by atoms with van der Waals surface area (Å²) >= 11 is 0. The van der Waals surface area contributed by atoms with E-state index in [2.05, 4.69) is 15.4 Å². The lowest BCUT2D eigenvalue weighted by Gasteiger charge is -2.40. The molecule has 1 aromatic carbocycles. The number of halogens is 6. The number of rotatable bonds is 3. The zero-order chi connectivity index (χ0) is 15.2. The van der Waals surface area contributed by atoms with Crippen LogP contribution in [0.2, 0.25) is 0 Å². The van der Waals surface area contributed by atoms with Crippen molar-refractivity contribution in [2.75, 3.05) is 5.32 Å². The second kappa shape index (κ2) is 3.59. The summed E-state index contributed by atoms with van der Waals surface area (Å²) in [6, 6.07) is 0.518. The molecule has 20 heavy (non-hydrogen) atoms. The van der Waals surface area contributed by atoms with E-state index in [4.69, 9.17) is 0 Å². The summed E-state index contributed by atoms with van der Waals surface area (Å²) in [5, 5.41) is 5.89. The first-order chi connectivity index (χ1) is 8.85. The molecule has 2 aromatic rings. The molecule has 0 aliphatic heterocycles. The molecule has 1 N–H and O–H groups in total. The third kappa shape index (κ3) is 3.15. The van der Waals surface area contributed by atoms with Gasteiger partial charge in [0.1, 0.15) is 17.0 Å². The number of aromatic nitrogens is 3. The van der Waals surface area contributed by atoms with Crippen LogP contribution in [0.15, 0.2) is 29.4 Å². The molecule has 0 aliphatic carbocycles. The van der Waals surface area contributed by atoms with Crippen LogP contribution in [-0.2, 0) is 7.05 Å². The van der Waals surface area contributed by atoms with Gasteiger partial charge in [-0.15, -0.1) is 0 Å². The standard InChI is InChI=1S/C9H8F6N4S/c1-19-9(16-5-17-19)18-7-2-6(10)3-8(4-7)20(11,12,13,14)15/h2-5H,1H3,(H,16,17,18). The molecule has 1 heterocycles. The molecular weight excluding hydrogens is 310 g/mol. The van der Waals surface area contributed by atoms with Crippen LogP contribution in [0, 0.1) is 5.82 Å². The van der Waals surface area contributed by atoms with Crippen molar-refractivity contribution in [2.24, 2.45) is 7.05 Å². The Hall–Kier alpha value is -1.91. The second-order valence-corrected chi connectivity index (χ2v) is 6.39. The Kier molecular flexibility index (Phi) is 2.60. The largest absolute Gasteiger partial charge is 0.324 e. The third-order valence-electron chi connectivity index (χ3n) is 2.28. The monoisotopic (exact) mass is 318 g/mol. The summed E-state index contributed by atoms with van der Waals surface area (Å²) in [4.78, 5) is 1.32. The molecule has 0 amide bonds. The molecule has 0 aliphatic rings. The van der Waals surface area contributed by atoms with Crippen LogP contribution in [0.4, 0.5) is 35.5 Å². The van der Waals surface area contributed by atoms with Crippen molar-refractivity contribution in [2.45, 2.75) is 4.90 Å². The Morgan fingerprint density at radius 3 is 2.25 bits per heavy atom. The quantitative estimate of drug-likeness (QED) is 0.855. The summed E-state index contributed by atoms with van der Waals surface area (Å²) < 4.78 is 77.5. The van der Waals surface area contributed by atoms with E-state index in [1.165, 1.54) is 7.05 Å². The molecule has 0 saturated heterocycles. The van der Waals surface area contributed by atoms with E-state index in [1.54, 1.807) is 0 Å². The molecule has 0 spiro atoms. The highest BCUT2D eigenvalue weighted by Gasteiger charge is 2.65. The number of nitrogens with zero attached hydrogens (tertiary/aromatic N) is 3. The molecule has 0 radical (unpaired) electrons. The van der Waals surface area contributed by atoms with E-state index in [9.17, 15) is 23.8 Å². The minimum absolute atomic E-state index is 0.0243. The van der Waals surface area contributed by atoms with E-state index < -0.39 is 26.6 Å². The van der Waals surface area contributed by atoms with E-state index in [0.29, 0.717) is 6.07 Å². The lowest BCUT2D eigenvalue weighted by molar-refractivity contribution is 0.363. The van der Waals surface area contributed by atoms with Gasteiger partial charge in [0.15, 0.2) is 0 Å². The Morgan fingerprint density at radius 2 is 1.75 bits per heavy atom. The molecule has 1 aromatic heterocycles. The van der Waals surface area contributed by atoms with E-state index in [1.807, 2.05) is 0 Å². The van der Waals surface area contributed by atoms with Gasteiger partial charge in [0.2, 0.25) is 5.95 Å². The molecule has 0 saturated carbocycles. The minimum atomic E-state index is -9.94. The molecular formula is C9H8F6N4S. The number of hydrogen-bond acceptors (Lipinski definition) is 3. The fourth-order valence-electron chi connectivity index (χ4n) is 1.40. The summed E-state index contributed by atoms with van der Waals surface area (Å²) in [6.45, 7) is 0. The summed E-state index contributed by atoms with van der Waals surface area (Å²) in [6.07, 6.45) is 1.09. The predicted molar refractivity (Wildman–Crippen MR) is 62.1 cm³/mol. The topological polar surface area (TPSA) is 42.7 Å². The Bertz CT molecular complexity index is 665. The van der Waals surface area contributed by atoms with Crippen molar-refractivity contribution >= 4 is 21.9 Å². The van der Waals surface area contributed by atoms with Gasteiger partial charge in [-0.1, -0.05) is 19.4 Å². The molecule has 112 valence electrons. The number of hydrogen-bond donors (Lipinski definition) is 1. The zero-order valence-electron chi connectivity index (χ0n) is 9.83. The third-order valence-corrected chi connectivity index (χ3v) is 3.41. The van der Waals surface area contributed by atoms with Gasteiger partial charge in [-0.2, -0.15) is 10.1 Å². The van der Waals surface area contributed by atoms with E-state index in [0.717, 1.165) is 11.0 Å². The van der Waals surface area contributed by atoms with Crippen LogP contribution < -0.4 is 5.32 Å². The maximum atomic E-state index is 13.1. The van der Waals surface area contributed by atoms with Crippen molar-refractivity contribution in [3.63, 3.8) is 0 Å². The summed E-state index contributed by atoms with van der Waals surface area (Å²) in [5.41, 5.74) is -0.510. The van der Waals surface area contributed by atoms with Gasteiger partial charge in [0, 0.05) is 12.7 Å². The summed E-state index contributed by atoms with van der Waals surface area (Å²) in [5.74, 6) is -1.47. The van der Waals surface area contributed by atoms with Gasteiger partial charge in [0.05, 0.1) is 0 Å². The number of anilines is 2. The van der Waals surface area contributed by atoms with Gasteiger partial charge in [0.25, 0.3) is 0 Å². The molecule has 11 heteroatoms. The maximum Gasteiger partial charge on any atom is 0.310 e. The minimum Gasteiger partial charge on any atom is -0.324 e.